The summed E-state index contributed by atoms with van der Waals surface area (Å²) in [6.07, 6.45) is 1.70. The largest absolute Gasteiger partial charge is 0.381 e. The van der Waals surface area contributed by atoms with Crippen LogP contribution in [0.25, 0.3) is 0 Å². The maximum absolute atomic E-state index is 12.1. The molecule has 0 atom stereocenters. The standard InChI is InChI=1S/C12H13BrClNO4S/c1-19-10-5-9(6-10)15-12(16)7-2-8(13)4-11(3-7)20(14,17)18/h2-4,9-10H,5-6H2,1H3,(H,15,16). The van der Waals surface area contributed by atoms with Crippen LogP contribution >= 0.6 is 26.6 Å². The molecule has 8 heteroatoms. The summed E-state index contributed by atoms with van der Waals surface area (Å²) >= 11 is 3.17. The molecule has 1 aliphatic carbocycles. The Morgan fingerprint density at radius 3 is 2.60 bits per heavy atom. The van der Waals surface area contributed by atoms with E-state index in [0.717, 1.165) is 12.8 Å². The lowest BCUT2D eigenvalue weighted by molar-refractivity contribution is 0.0176. The molecule has 0 unspecified atom stereocenters. The predicted octanol–water partition coefficient (Wildman–Crippen LogP) is 2.28. The van der Waals surface area contributed by atoms with E-state index in [2.05, 4.69) is 21.2 Å². The topological polar surface area (TPSA) is 72.5 Å². The Labute approximate surface area is 130 Å². The van der Waals surface area contributed by atoms with Crippen molar-refractivity contribution in [1.82, 2.24) is 5.32 Å². The molecule has 0 bridgehead atoms. The summed E-state index contributed by atoms with van der Waals surface area (Å²) in [6.45, 7) is 0. The highest BCUT2D eigenvalue weighted by atomic mass is 79.9. The number of hydrogen-bond acceptors (Lipinski definition) is 4. The number of carbonyl (C=O) groups excluding carboxylic acids is 1. The summed E-state index contributed by atoms with van der Waals surface area (Å²) in [7, 11) is 3.05. The van der Waals surface area contributed by atoms with Gasteiger partial charge in [0, 0.05) is 33.9 Å². The number of nitrogens with one attached hydrogen (secondary N) is 1. The fourth-order valence-electron chi connectivity index (χ4n) is 1.98. The van der Waals surface area contributed by atoms with Gasteiger partial charge in [-0.3, -0.25) is 4.79 Å². The zero-order valence-corrected chi connectivity index (χ0v) is 13.8. The van der Waals surface area contributed by atoms with Crippen LogP contribution in [-0.4, -0.2) is 33.6 Å². The highest BCUT2D eigenvalue weighted by molar-refractivity contribution is 9.10. The number of hydrogen-bond donors (Lipinski definition) is 1. The van der Waals surface area contributed by atoms with Gasteiger partial charge in [0.25, 0.3) is 15.0 Å². The van der Waals surface area contributed by atoms with Crippen LogP contribution in [0.5, 0.6) is 0 Å². The van der Waals surface area contributed by atoms with Gasteiger partial charge in [-0.05, 0) is 31.0 Å². The smallest absolute Gasteiger partial charge is 0.261 e. The second kappa shape index (κ2) is 6.01. The van der Waals surface area contributed by atoms with Gasteiger partial charge in [0.05, 0.1) is 11.0 Å². The van der Waals surface area contributed by atoms with Gasteiger partial charge in [-0.2, -0.15) is 0 Å². The zero-order chi connectivity index (χ0) is 14.9. The third kappa shape index (κ3) is 3.72. The Morgan fingerprint density at radius 2 is 2.05 bits per heavy atom. The molecule has 0 radical (unpaired) electrons. The molecule has 0 saturated heterocycles. The minimum atomic E-state index is -3.87. The first-order valence-electron chi connectivity index (χ1n) is 5.88. The van der Waals surface area contributed by atoms with Crippen molar-refractivity contribution in [3.63, 3.8) is 0 Å². The van der Waals surface area contributed by atoms with Gasteiger partial charge in [-0.15, -0.1) is 0 Å². The van der Waals surface area contributed by atoms with Crippen LogP contribution in [0.4, 0.5) is 0 Å². The third-order valence-corrected chi connectivity index (χ3v) is 4.97. The average molecular weight is 383 g/mol. The van der Waals surface area contributed by atoms with Gasteiger partial charge < -0.3 is 10.1 Å². The van der Waals surface area contributed by atoms with Crippen LogP contribution in [0.15, 0.2) is 27.6 Å². The van der Waals surface area contributed by atoms with Crippen LogP contribution < -0.4 is 5.32 Å². The van der Waals surface area contributed by atoms with E-state index in [1.165, 1.54) is 12.1 Å². The molecule has 1 N–H and O–H groups in total. The Bertz CT molecular complexity index is 628. The molecule has 1 aliphatic rings. The number of halogens is 2. The number of amides is 1. The zero-order valence-electron chi connectivity index (χ0n) is 10.6. The van der Waals surface area contributed by atoms with Crippen molar-refractivity contribution in [1.29, 1.82) is 0 Å². The summed E-state index contributed by atoms with van der Waals surface area (Å²) < 4.78 is 28.3. The van der Waals surface area contributed by atoms with Gasteiger partial charge in [-0.1, -0.05) is 15.9 Å². The lowest BCUT2D eigenvalue weighted by Gasteiger charge is -2.34. The highest BCUT2D eigenvalue weighted by Crippen LogP contribution is 2.25. The first-order chi connectivity index (χ1) is 9.29. The Balaban J connectivity index is 2.12. The fourth-order valence-corrected chi connectivity index (χ4v) is 3.43. The van der Waals surface area contributed by atoms with Crippen LogP contribution in [-0.2, 0) is 13.8 Å². The molecule has 1 aromatic rings. The monoisotopic (exact) mass is 381 g/mol. The van der Waals surface area contributed by atoms with Crippen LogP contribution in [0.3, 0.4) is 0 Å². The van der Waals surface area contributed by atoms with Crippen molar-refractivity contribution < 1.29 is 17.9 Å². The molecular formula is C12H13BrClNO4S. The molecule has 0 spiro atoms. The van der Waals surface area contributed by atoms with E-state index >= 15 is 0 Å². The summed E-state index contributed by atoms with van der Waals surface area (Å²) in [5.41, 5.74) is 0.250. The second-order valence-electron chi connectivity index (χ2n) is 4.61. The van der Waals surface area contributed by atoms with Crippen molar-refractivity contribution in [2.45, 2.75) is 29.9 Å². The molecule has 5 nitrogen and oxygen atoms in total. The lowest BCUT2D eigenvalue weighted by atomic mass is 9.89. The summed E-state index contributed by atoms with van der Waals surface area (Å²) in [6, 6.07) is 4.22. The molecular weight excluding hydrogens is 370 g/mol. The molecule has 0 heterocycles. The van der Waals surface area contributed by atoms with Gasteiger partial charge in [0.15, 0.2) is 0 Å². The minimum absolute atomic E-state index is 0.0579. The van der Waals surface area contributed by atoms with E-state index in [0.29, 0.717) is 4.47 Å². The molecule has 1 amide bonds. The van der Waals surface area contributed by atoms with Crippen molar-refractivity contribution in [3.8, 4) is 0 Å². The molecule has 2 rings (SSSR count). The van der Waals surface area contributed by atoms with Gasteiger partial charge in [0.2, 0.25) is 0 Å². The molecule has 1 fully saturated rings. The van der Waals surface area contributed by atoms with Gasteiger partial charge >= 0.3 is 0 Å². The number of benzene rings is 1. The van der Waals surface area contributed by atoms with E-state index in [9.17, 15) is 13.2 Å². The molecule has 1 aromatic carbocycles. The molecule has 0 aliphatic heterocycles. The van der Waals surface area contributed by atoms with Crippen molar-refractivity contribution in [2.24, 2.45) is 0 Å². The predicted molar refractivity (Wildman–Crippen MR) is 78.5 cm³/mol. The van der Waals surface area contributed by atoms with Crippen LogP contribution in [0, 0.1) is 0 Å². The van der Waals surface area contributed by atoms with E-state index in [1.54, 1.807) is 13.2 Å². The van der Waals surface area contributed by atoms with Crippen LogP contribution in [0.2, 0.25) is 0 Å². The molecule has 1 saturated carbocycles. The maximum atomic E-state index is 12.1. The Morgan fingerprint density at radius 1 is 1.40 bits per heavy atom. The highest BCUT2D eigenvalue weighted by Gasteiger charge is 2.30. The summed E-state index contributed by atoms with van der Waals surface area (Å²) in [5, 5.41) is 2.83. The van der Waals surface area contributed by atoms with Crippen molar-refractivity contribution >= 4 is 41.6 Å². The molecule has 20 heavy (non-hydrogen) atoms. The first-order valence-corrected chi connectivity index (χ1v) is 8.98. The summed E-state index contributed by atoms with van der Waals surface area (Å²) in [5.74, 6) is -0.326. The molecule has 110 valence electrons. The number of methoxy groups -OCH3 is 1. The molecule has 0 aromatic heterocycles. The quantitative estimate of drug-likeness (QED) is 0.811. The Kier molecular flexibility index (Phi) is 4.73. The Hall–Kier alpha value is -0.630. The van der Waals surface area contributed by atoms with Gasteiger partial charge in [0.1, 0.15) is 0 Å². The van der Waals surface area contributed by atoms with E-state index in [1.807, 2.05) is 0 Å². The summed E-state index contributed by atoms with van der Waals surface area (Å²) in [4.78, 5) is 12.0. The minimum Gasteiger partial charge on any atom is -0.381 e. The SMILES string of the molecule is COC1CC(NC(=O)c2cc(Br)cc(S(=O)(=O)Cl)c2)C1. The van der Waals surface area contributed by atoms with Crippen LogP contribution in [0.1, 0.15) is 23.2 Å². The normalized spacial score (nSPS) is 22.1. The van der Waals surface area contributed by atoms with E-state index < -0.39 is 9.05 Å². The lowest BCUT2D eigenvalue weighted by Crippen LogP contribution is -2.47. The maximum Gasteiger partial charge on any atom is 0.261 e. The second-order valence-corrected chi connectivity index (χ2v) is 8.09. The third-order valence-electron chi connectivity index (χ3n) is 3.18. The van der Waals surface area contributed by atoms with Gasteiger partial charge in [-0.25, -0.2) is 8.42 Å². The first kappa shape index (κ1) is 15.8. The average Bonchev–Trinajstić information content (AvgIpc) is 2.31. The fraction of sp³-hybridized carbons (Fsp3) is 0.417. The van der Waals surface area contributed by atoms with E-state index in [-0.39, 0.29) is 28.5 Å². The van der Waals surface area contributed by atoms with Crippen molar-refractivity contribution in [2.75, 3.05) is 7.11 Å². The number of rotatable bonds is 4. The van der Waals surface area contributed by atoms with E-state index in [4.69, 9.17) is 15.4 Å². The number of carbonyl (C=O) groups is 1. The number of ether oxygens (including phenoxy) is 1. The van der Waals surface area contributed by atoms with Crippen molar-refractivity contribution in [3.05, 3.63) is 28.2 Å².